The summed E-state index contributed by atoms with van der Waals surface area (Å²) in [6.07, 6.45) is 1.70. The van der Waals surface area contributed by atoms with E-state index in [4.69, 9.17) is 5.11 Å². The van der Waals surface area contributed by atoms with E-state index in [1.165, 1.54) is 0 Å². The molecule has 0 atom stereocenters. The number of nitrogens with zero attached hydrogens (tertiary/aromatic N) is 2. The SMILES string of the molecule is CC(=NCO)c1ccccn1. The van der Waals surface area contributed by atoms with Gasteiger partial charge >= 0.3 is 0 Å². The first-order valence-electron chi connectivity index (χ1n) is 3.38. The van der Waals surface area contributed by atoms with Crippen molar-refractivity contribution in [1.29, 1.82) is 0 Å². The van der Waals surface area contributed by atoms with Gasteiger partial charge in [0.25, 0.3) is 0 Å². The molecule has 0 spiro atoms. The van der Waals surface area contributed by atoms with Crippen LogP contribution < -0.4 is 0 Å². The van der Waals surface area contributed by atoms with Gasteiger partial charge in [0.1, 0.15) is 6.73 Å². The molecule has 1 aromatic rings. The standard InChI is InChI=1S/C8H10N2O/c1-7(10-6-11)8-4-2-3-5-9-8/h2-5,11H,6H2,1H3. The molecule has 3 heteroatoms. The highest BCUT2D eigenvalue weighted by Gasteiger charge is 1.94. The maximum absolute atomic E-state index is 8.48. The van der Waals surface area contributed by atoms with Crippen molar-refractivity contribution in [3.05, 3.63) is 30.1 Å². The van der Waals surface area contributed by atoms with Crippen molar-refractivity contribution >= 4 is 5.71 Å². The molecule has 58 valence electrons. The third-order valence-corrected chi connectivity index (χ3v) is 1.34. The van der Waals surface area contributed by atoms with Crippen molar-refractivity contribution < 1.29 is 5.11 Å². The Bertz CT molecular complexity index is 244. The first-order valence-corrected chi connectivity index (χ1v) is 3.38. The minimum absolute atomic E-state index is 0.178. The zero-order valence-corrected chi connectivity index (χ0v) is 6.36. The molecule has 0 aliphatic carbocycles. The molecule has 0 saturated carbocycles. The Morgan fingerprint density at radius 3 is 3.00 bits per heavy atom. The fourth-order valence-electron chi connectivity index (χ4n) is 0.764. The second-order valence-electron chi connectivity index (χ2n) is 2.10. The third kappa shape index (κ3) is 2.13. The van der Waals surface area contributed by atoms with Crippen LogP contribution in [-0.2, 0) is 0 Å². The number of aliphatic imine (C=N–C) groups is 1. The van der Waals surface area contributed by atoms with Crippen molar-refractivity contribution in [3.63, 3.8) is 0 Å². The van der Waals surface area contributed by atoms with Crippen LogP contribution in [0.5, 0.6) is 0 Å². The van der Waals surface area contributed by atoms with Gasteiger partial charge in [0.15, 0.2) is 0 Å². The highest BCUT2D eigenvalue weighted by molar-refractivity contribution is 5.96. The van der Waals surface area contributed by atoms with Crippen LogP contribution >= 0.6 is 0 Å². The number of aliphatic hydroxyl groups is 1. The number of rotatable bonds is 2. The van der Waals surface area contributed by atoms with Crippen LogP contribution in [0.3, 0.4) is 0 Å². The van der Waals surface area contributed by atoms with Crippen molar-refractivity contribution in [1.82, 2.24) is 4.98 Å². The number of aliphatic hydroxyl groups excluding tert-OH is 1. The maximum Gasteiger partial charge on any atom is 0.134 e. The van der Waals surface area contributed by atoms with Gasteiger partial charge in [-0.2, -0.15) is 0 Å². The van der Waals surface area contributed by atoms with E-state index in [9.17, 15) is 0 Å². The van der Waals surface area contributed by atoms with E-state index >= 15 is 0 Å². The highest BCUT2D eigenvalue weighted by Crippen LogP contribution is 1.95. The lowest BCUT2D eigenvalue weighted by atomic mass is 10.3. The Balaban J connectivity index is 2.85. The summed E-state index contributed by atoms with van der Waals surface area (Å²) in [5.41, 5.74) is 1.56. The molecule has 0 aliphatic heterocycles. The molecule has 0 unspecified atom stereocenters. The van der Waals surface area contributed by atoms with Gasteiger partial charge in [-0.05, 0) is 19.1 Å². The molecular weight excluding hydrogens is 140 g/mol. The van der Waals surface area contributed by atoms with Gasteiger partial charge < -0.3 is 5.11 Å². The molecule has 1 N–H and O–H groups in total. The Labute approximate surface area is 65.4 Å². The lowest BCUT2D eigenvalue weighted by Gasteiger charge is -1.96. The Hall–Kier alpha value is -1.22. The predicted octanol–water partition coefficient (Wildman–Crippen LogP) is 0.840. The largest absolute Gasteiger partial charge is 0.375 e. The summed E-state index contributed by atoms with van der Waals surface area (Å²) in [4.78, 5) is 7.86. The Morgan fingerprint density at radius 2 is 2.45 bits per heavy atom. The van der Waals surface area contributed by atoms with E-state index in [1.807, 2.05) is 25.1 Å². The van der Waals surface area contributed by atoms with Gasteiger partial charge in [-0.15, -0.1) is 0 Å². The smallest absolute Gasteiger partial charge is 0.134 e. The minimum Gasteiger partial charge on any atom is -0.375 e. The highest BCUT2D eigenvalue weighted by atomic mass is 16.3. The topological polar surface area (TPSA) is 45.5 Å². The zero-order chi connectivity index (χ0) is 8.10. The van der Waals surface area contributed by atoms with E-state index in [2.05, 4.69) is 9.98 Å². The summed E-state index contributed by atoms with van der Waals surface area (Å²) in [7, 11) is 0. The molecule has 1 aromatic heterocycles. The van der Waals surface area contributed by atoms with Gasteiger partial charge in [-0.3, -0.25) is 9.98 Å². The lowest BCUT2D eigenvalue weighted by molar-refractivity contribution is 0.309. The summed E-state index contributed by atoms with van der Waals surface area (Å²) in [5.74, 6) is 0. The summed E-state index contributed by atoms with van der Waals surface area (Å²) in [6, 6.07) is 5.59. The van der Waals surface area contributed by atoms with Crippen LogP contribution in [0.25, 0.3) is 0 Å². The van der Waals surface area contributed by atoms with Crippen LogP contribution in [0.2, 0.25) is 0 Å². The van der Waals surface area contributed by atoms with Gasteiger partial charge in [0.05, 0.1) is 11.4 Å². The van der Waals surface area contributed by atoms with Crippen LogP contribution in [0.4, 0.5) is 0 Å². The third-order valence-electron chi connectivity index (χ3n) is 1.34. The molecule has 0 aromatic carbocycles. The second-order valence-corrected chi connectivity index (χ2v) is 2.10. The molecular formula is C8H10N2O. The van der Waals surface area contributed by atoms with Crippen LogP contribution in [0, 0.1) is 0 Å². The molecule has 11 heavy (non-hydrogen) atoms. The Kier molecular flexibility index (Phi) is 2.74. The molecule has 0 aliphatic rings. The second kappa shape index (κ2) is 3.83. The normalized spacial score (nSPS) is 11.6. The van der Waals surface area contributed by atoms with Crippen LogP contribution in [0.1, 0.15) is 12.6 Å². The van der Waals surface area contributed by atoms with Crippen LogP contribution in [0.15, 0.2) is 29.4 Å². The molecule has 0 saturated heterocycles. The van der Waals surface area contributed by atoms with E-state index in [0.717, 1.165) is 11.4 Å². The van der Waals surface area contributed by atoms with Gasteiger partial charge in [-0.1, -0.05) is 6.07 Å². The maximum atomic E-state index is 8.48. The molecule has 0 amide bonds. The minimum atomic E-state index is -0.178. The fourth-order valence-corrected chi connectivity index (χ4v) is 0.764. The monoisotopic (exact) mass is 150 g/mol. The molecule has 0 bridgehead atoms. The van der Waals surface area contributed by atoms with E-state index in [1.54, 1.807) is 6.20 Å². The molecule has 0 fully saturated rings. The summed E-state index contributed by atoms with van der Waals surface area (Å²) in [6.45, 7) is 1.64. The average molecular weight is 150 g/mol. The average Bonchev–Trinajstić information content (AvgIpc) is 2.07. The first kappa shape index (κ1) is 7.88. The van der Waals surface area contributed by atoms with Crippen molar-refractivity contribution in [2.24, 2.45) is 4.99 Å². The summed E-state index contributed by atoms with van der Waals surface area (Å²) < 4.78 is 0. The summed E-state index contributed by atoms with van der Waals surface area (Å²) in [5, 5.41) is 8.48. The fraction of sp³-hybridized carbons (Fsp3) is 0.250. The molecule has 0 radical (unpaired) electrons. The van der Waals surface area contributed by atoms with Gasteiger partial charge in [0, 0.05) is 6.20 Å². The van der Waals surface area contributed by atoms with Gasteiger partial charge in [0.2, 0.25) is 0 Å². The number of hydrogen-bond donors (Lipinski definition) is 1. The first-order chi connectivity index (χ1) is 5.34. The quantitative estimate of drug-likeness (QED) is 0.635. The van der Waals surface area contributed by atoms with E-state index < -0.39 is 0 Å². The zero-order valence-electron chi connectivity index (χ0n) is 6.36. The number of pyridine rings is 1. The van der Waals surface area contributed by atoms with Crippen molar-refractivity contribution in [2.45, 2.75) is 6.92 Å². The lowest BCUT2D eigenvalue weighted by Crippen LogP contribution is -1.98. The predicted molar refractivity (Wildman–Crippen MR) is 43.5 cm³/mol. The molecule has 1 rings (SSSR count). The Morgan fingerprint density at radius 1 is 1.64 bits per heavy atom. The van der Waals surface area contributed by atoms with E-state index in [-0.39, 0.29) is 6.73 Å². The van der Waals surface area contributed by atoms with Gasteiger partial charge in [-0.25, -0.2) is 0 Å². The van der Waals surface area contributed by atoms with Crippen molar-refractivity contribution in [2.75, 3.05) is 6.73 Å². The molecule has 3 nitrogen and oxygen atoms in total. The number of aromatic nitrogens is 1. The number of hydrogen-bond acceptors (Lipinski definition) is 3. The van der Waals surface area contributed by atoms with E-state index in [0.29, 0.717) is 0 Å². The summed E-state index contributed by atoms with van der Waals surface area (Å²) >= 11 is 0. The molecule has 1 heterocycles. The van der Waals surface area contributed by atoms with Crippen LogP contribution in [-0.4, -0.2) is 22.5 Å². The van der Waals surface area contributed by atoms with Crippen molar-refractivity contribution in [3.8, 4) is 0 Å².